The molecule has 22 heavy (non-hydrogen) atoms. The fourth-order valence-electron chi connectivity index (χ4n) is 2.06. The molecule has 7 heteroatoms. The second kappa shape index (κ2) is 8.55. The van der Waals surface area contributed by atoms with Gasteiger partial charge >= 0.3 is 6.03 Å². The van der Waals surface area contributed by atoms with Gasteiger partial charge in [-0.1, -0.05) is 13.0 Å². The van der Waals surface area contributed by atoms with Gasteiger partial charge in [0.15, 0.2) is 0 Å². The number of nitrogens with zero attached hydrogens (tertiary/aromatic N) is 3. The van der Waals surface area contributed by atoms with Gasteiger partial charge in [-0.2, -0.15) is 5.10 Å². The molecule has 0 aromatic carbocycles. The van der Waals surface area contributed by atoms with Gasteiger partial charge in [-0.05, 0) is 17.9 Å². The van der Waals surface area contributed by atoms with Crippen LogP contribution in [0.3, 0.4) is 0 Å². The maximum atomic E-state index is 12.5. The van der Waals surface area contributed by atoms with Gasteiger partial charge in [-0.25, -0.2) is 9.48 Å². The van der Waals surface area contributed by atoms with E-state index < -0.39 is 0 Å². The molecular weight excluding hydrogens is 300 g/mol. The Balaban J connectivity index is 2.02. The van der Waals surface area contributed by atoms with Gasteiger partial charge < -0.3 is 9.64 Å². The number of carbonyl (C=O) groups excluding carboxylic acids is 1. The molecule has 0 atom stereocenters. The minimum absolute atomic E-state index is 0.136. The Hall–Kier alpha value is -1.86. The van der Waals surface area contributed by atoms with Gasteiger partial charge in [0.1, 0.15) is 5.82 Å². The molecule has 0 radical (unpaired) electrons. The second-order valence-electron chi connectivity index (χ2n) is 4.86. The third-order valence-electron chi connectivity index (χ3n) is 3.17. The first-order valence-corrected chi connectivity index (χ1v) is 8.21. The number of aryl methyl sites for hydroxylation is 1. The maximum absolute atomic E-state index is 12.5. The molecule has 2 amide bonds. The van der Waals surface area contributed by atoms with Crippen molar-refractivity contribution in [3.63, 3.8) is 0 Å². The highest BCUT2D eigenvalue weighted by Gasteiger charge is 2.16. The van der Waals surface area contributed by atoms with E-state index in [2.05, 4.69) is 17.3 Å². The van der Waals surface area contributed by atoms with Gasteiger partial charge in [0.2, 0.25) is 0 Å². The molecule has 0 spiro atoms. The topological polar surface area (TPSA) is 59.4 Å². The van der Waals surface area contributed by atoms with Gasteiger partial charge in [0.25, 0.3) is 0 Å². The normalized spacial score (nSPS) is 10.6. The van der Waals surface area contributed by atoms with Crippen molar-refractivity contribution in [3.05, 3.63) is 34.7 Å². The highest BCUT2D eigenvalue weighted by molar-refractivity contribution is 7.09. The maximum Gasteiger partial charge on any atom is 0.323 e. The zero-order valence-corrected chi connectivity index (χ0v) is 13.8. The molecule has 0 saturated heterocycles. The number of thiophene rings is 1. The summed E-state index contributed by atoms with van der Waals surface area (Å²) in [5.41, 5.74) is 0. The van der Waals surface area contributed by atoms with E-state index in [4.69, 9.17) is 4.74 Å². The van der Waals surface area contributed by atoms with Crippen molar-refractivity contribution >= 4 is 23.2 Å². The van der Waals surface area contributed by atoms with Crippen LogP contribution in [0.1, 0.15) is 18.2 Å². The van der Waals surface area contributed by atoms with Crippen LogP contribution in [-0.2, 0) is 17.8 Å². The van der Waals surface area contributed by atoms with E-state index in [0.717, 1.165) is 23.7 Å². The molecule has 2 aromatic rings. The van der Waals surface area contributed by atoms with Crippen LogP contribution < -0.4 is 5.32 Å². The second-order valence-corrected chi connectivity index (χ2v) is 5.90. The summed E-state index contributed by atoms with van der Waals surface area (Å²) >= 11 is 1.64. The van der Waals surface area contributed by atoms with Crippen molar-refractivity contribution < 1.29 is 9.53 Å². The molecule has 0 fully saturated rings. The third-order valence-corrected chi connectivity index (χ3v) is 4.03. The van der Waals surface area contributed by atoms with Crippen molar-refractivity contribution in [2.45, 2.75) is 26.4 Å². The molecule has 2 rings (SSSR count). The minimum Gasteiger partial charge on any atom is -0.383 e. The van der Waals surface area contributed by atoms with Crippen LogP contribution in [0.25, 0.3) is 0 Å². The van der Waals surface area contributed by atoms with Crippen LogP contribution >= 0.6 is 11.3 Å². The number of carbonyl (C=O) groups is 1. The highest BCUT2D eigenvalue weighted by atomic mass is 32.1. The number of hydrogen-bond acceptors (Lipinski definition) is 4. The number of anilines is 1. The summed E-state index contributed by atoms with van der Waals surface area (Å²) in [4.78, 5) is 15.4. The molecule has 0 aliphatic rings. The molecule has 0 bridgehead atoms. The number of hydrogen-bond donors (Lipinski definition) is 1. The Morgan fingerprint density at radius 3 is 3.05 bits per heavy atom. The summed E-state index contributed by atoms with van der Waals surface area (Å²) in [5, 5.41) is 9.16. The third kappa shape index (κ3) is 4.57. The standard InChI is InChI=1S/C15H22N4O2S/c1-3-8-19-14(6-7-16-19)17-15(20)18(9-10-21-2)12-13-5-4-11-22-13/h4-7,11H,3,8-10,12H2,1-2H3,(H,17,20). The molecule has 2 heterocycles. The first-order chi connectivity index (χ1) is 10.7. The largest absolute Gasteiger partial charge is 0.383 e. The average Bonchev–Trinajstić information content (AvgIpc) is 3.16. The molecule has 0 aliphatic carbocycles. The first-order valence-electron chi connectivity index (χ1n) is 7.33. The summed E-state index contributed by atoms with van der Waals surface area (Å²) in [7, 11) is 1.64. The Kier molecular flexibility index (Phi) is 6.42. The molecule has 6 nitrogen and oxygen atoms in total. The number of rotatable bonds is 8. The quantitative estimate of drug-likeness (QED) is 0.812. The van der Waals surface area contributed by atoms with E-state index in [9.17, 15) is 4.79 Å². The summed E-state index contributed by atoms with van der Waals surface area (Å²) in [5.74, 6) is 0.723. The smallest absolute Gasteiger partial charge is 0.323 e. The Morgan fingerprint density at radius 2 is 2.36 bits per heavy atom. The lowest BCUT2D eigenvalue weighted by Crippen LogP contribution is -2.37. The number of methoxy groups -OCH3 is 1. The fraction of sp³-hybridized carbons (Fsp3) is 0.467. The van der Waals surface area contributed by atoms with Gasteiger partial charge in [-0.3, -0.25) is 5.32 Å². The van der Waals surface area contributed by atoms with Crippen LogP contribution in [0.15, 0.2) is 29.8 Å². The summed E-state index contributed by atoms with van der Waals surface area (Å²) in [6, 6.07) is 5.69. The van der Waals surface area contributed by atoms with Crippen molar-refractivity contribution in [1.82, 2.24) is 14.7 Å². The van der Waals surface area contributed by atoms with E-state index in [1.165, 1.54) is 0 Å². The molecule has 2 aromatic heterocycles. The zero-order chi connectivity index (χ0) is 15.8. The summed E-state index contributed by atoms with van der Waals surface area (Å²) in [6.07, 6.45) is 2.66. The van der Waals surface area contributed by atoms with Crippen LogP contribution in [-0.4, -0.2) is 41.0 Å². The predicted molar refractivity (Wildman–Crippen MR) is 88.1 cm³/mol. The predicted octanol–water partition coefficient (Wildman–Crippen LogP) is 3.04. The SMILES string of the molecule is CCCn1nccc1NC(=O)N(CCOC)Cc1cccs1. The van der Waals surface area contributed by atoms with Gasteiger partial charge in [0, 0.05) is 31.1 Å². The fourth-order valence-corrected chi connectivity index (χ4v) is 2.78. The molecular formula is C15H22N4O2S. The van der Waals surface area contributed by atoms with E-state index in [0.29, 0.717) is 19.7 Å². The Bertz CT molecular complexity index is 568. The Morgan fingerprint density at radius 1 is 1.50 bits per heavy atom. The van der Waals surface area contributed by atoms with Crippen molar-refractivity contribution in [2.24, 2.45) is 0 Å². The van der Waals surface area contributed by atoms with E-state index in [1.54, 1.807) is 34.2 Å². The average molecular weight is 322 g/mol. The van der Waals surface area contributed by atoms with Gasteiger partial charge in [0.05, 0.1) is 19.3 Å². The number of amides is 2. The minimum atomic E-state index is -0.136. The number of ether oxygens (including phenoxy) is 1. The zero-order valence-electron chi connectivity index (χ0n) is 13.0. The van der Waals surface area contributed by atoms with Crippen molar-refractivity contribution in [3.8, 4) is 0 Å². The summed E-state index contributed by atoms with van der Waals surface area (Å²) < 4.78 is 6.91. The van der Waals surface area contributed by atoms with Crippen molar-refractivity contribution in [2.75, 3.05) is 25.6 Å². The lowest BCUT2D eigenvalue weighted by atomic mass is 10.4. The molecule has 1 N–H and O–H groups in total. The van der Waals surface area contributed by atoms with Crippen LogP contribution in [0.2, 0.25) is 0 Å². The van der Waals surface area contributed by atoms with Crippen LogP contribution in [0.4, 0.5) is 10.6 Å². The highest BCUT2D eigenvalue weighted by Crippen LogP contribution is 2.14. The van der Waals surface area contributed by atoms with Crippen LogP contribution in [0, 0.1) is 0 Å². The molecule has 0 unspecified atom stereocenters. The van der Waals surface area contributed by atoms with Crippen molar-refractivity contribution in [1.29, 1.82) is 0 Å². The molecule has 0 aliphatic heterocycles. The van der Waals surface area contributed by atoms with Gasteiger partial charge in [-0.15, -0.1) is 11.3 Å². The van der Waals surface area contributed by atoms with E-state index in [-0.39, 0.29) is 6.03 Å². The number of urea groups is 1. The lowest BCUT2D eigenvalue weighted by molar-refractivity contribution is 0.153. The Labute approximate surface area is 134 Å². The number of nitrogens with one attached hydrogen (secondary N) is 1. The lowest BCUT2D eigenvalue weighted by Gasteiger charge is -2.22. The van der Waals surface area contributed by atoms with Crippen LogP contribution in [0.5, 0.6) is 0 Å². The van der Waals surface area contributed by atoms with E-state index in [1.807, 2.05) is 23.6 Å². The molecule has 0 saturated carbocycles. The first kappa shape index (κ1) is 16.5. The number of aromatic nitrogens is 2. The summed E-state index contributed by atoms with van der Waals surface area (Å²) in [6.45, 7) is 4.49. The molecule has 120 valence electrons. The van der Waals surface area contributed by atoms with E-state index >= 15 is 0 Å². The monoisotopic (exact) mass is 322 g/mol.